The fourth-order valence-electron chi connectivity index (χ4n) is 5.07. The van der Waals surface area contributed by atoms with E-state index in [9.17, 15) is 4.79 Å². The van der Waals surface area contributed by atoms with Crippen LogP contribution in [0.4, 0.5) is 10.5 Å². The summed E-state index contributed by atoms with van der Waals surface area (Å²) in [7, 11) is 0. The summed E-state index contributed by atoms with van der Waals surface area (Å²) in [5.41, 5.74) is 6.00. The van der Waals surface area contributed by atoms with Crippen molar-refractivity contribution in [2.45, 2.75) is 57.5 Å². The molecule has 7 heteroatoms. The molecule has 0 unspecified atom stereocenters. The number of nitrogens with zero attached hydrogens (tertiary/aromatic N) is 2. The van der Waals surface area contributed by atoms with Crippen LogP contribution in [0, 0.1) is 0 Å². The number of carbonyl (C=O) groups is 1. The second kappa shape index (κ2) is 9.13. The first-order valence-electron chi connectivity index (χ1n) is 12.6. The molecule has 2 aromatic heterocycles. The van der Waals surface area contributed by atoms with Gasteiger partial charge in [-0.05, 0) is 75.3 Å². The van der Waals surface area contributed by atoms with Crippen LogP contribution in [0.15, 0.2) is 59.3 Å². The minimum Gasteiger partial charge on any atom is -0.494 e. The van der Waals surface area contributed by atoms with Gasteiger partial charge in [0.15, 0.2) is 0 Å². The number of carbonyl (C=O) groups excluding carboxylic acids is 1. The summed E-state index contributed by atoms with van der Waals surface area (Å²) in [4.78, 5) is 12.3. The Balaban J connectivity index is 1.43. The number of aromatic nitrogens is 2. The van der Waals surface area contributed by atoms with Crippen molar-refractivity contribution >= 4 is 22.6 Å². The Hall–Kier alpha value is -3.74. The zero-order valence-corrected chi connectivity index (χ0v) is 19.9. The van der Waals surface area contributed by atoms with Gasteiger partial charge in [-0.1, -0.05) is 17.3 Å². The van der Waals surface area contributed by atoms with E-state index < -0.39 is 0 Å². The third-order valence-electron chi connectivity index (χ3n) is 7.28. The highest BCUT2D eigenvalue weighted by molar-refractivity contribution is 6.04. The number of hydrogen-bond acceptors (Lipinski definition) is 4. The fraction of sp³-hybridized carbons (Fsp3) is 0.357. The van der Waals surface area contributed by atoms with E-state index in [4.69, 9.17) is 9.26 Å². The summed E-state index contributed by atoms with van der Waals surface area (Å²) in [6, 6.07) is 16.9. The number of amides is 2. The predicted octanol–water partition coefficient (Wildman–Crippen LogP) is 6.76. The van der Waals surface area contributed by atoms with Crippen molar-refractivity contribution in [3.8, 4) is 28.3 Å². The van der Waals surface area contributed by atoms with Gasteiger partial charge in [0.1, 0.15) is 17.7 Å². The van der Waals surface area contributed by atoms with Crippen LogP contribution in [0.1, 0.15) is 51.5 Å². The monoisotopic (exact) mass is 470 g/mol. The third-order valence-corrected chi connectivity index (χ3v) is 7.28. The SMILES string of the molecule is CCOc1ccc2c(-c3ccon3)c(-c3ccc(NC(=O)NC4CCC4)cc3)n(C3CCC3)c2c1. The molecule has 0 spiro atoms. The lowest BCUT2D eigenvalue weighted by Crippen LogP contribution is -2.41. The van der Waals surface area contributed by atoms with Gasteiger partial charge in [0.25, 0.3) is 0 Å². The standard InChI is InChI=1S/C28H30N4O3/c1-2-34-22-13-14-23-25(17-22)32(21-7-4-8-21)27(26(23)24-15-16-35-31-24)18-9-11-20(12-10-18)30-28(33)29-19-5-3-6-19/h9-17,19,21H,2-8H2,1H3,(H2,29,30,33). The normalized spacial score (nSPS) is 16.0. The van der Waals surface area contributed by atoms with Crippen LogP contribution < -0.4 is 15.4 Å². The summed E-state index contributed by atoms with van der Waals surface area (Å²) in [5.74, 6) is 0.869. The minimum atomic E-state index is -0.141. The Kier molecular flexibility index (Phi) is 5.68. The quantitative estimate of drug-likeness (QED) is 0.313. The molecule has 2 heterocycles. The molecule has 2 amide bonds. The molecule has 0 atom stereocenters. The molecule has 0 bridgehead atoms. The van der Waals surface area contributed by atoms with Crippen LogP contribution in [0.5, 0.6) is 5.75 Å². The number of fused-ring (bicyclic) bond motifs is 1. The van der Waals surface area contributed by atoms with Gasteiger partial charge in [-0.2, -0.15) is 0 Å². The van der Waals surface area contributed by atoms with Crippen molar-refractivity contribution in [1.82, 2.24) is 15.0 Å². The number of benzene rings is 2. The molecule has 2 aliphatic carbocycles. The smallest absolute Gasteiger partial charge is 0.319 e. The molecule has 2 saturated carbocycles. The molecule has 4 aromatic rings. The first kappa shape index (κ1) is 21.8. The van der Waals surface area contributed by atoms with Crippen molar-refractivity contribution in [3.63, 3.8) is 0 Å². The number of anilines is 1. The first-order chi connectivity index (χ1) is 17.2. The lowest BCUT2D eigenvalue weighted by Gasteiger charge is -2.30. The molecule has 0 saturated heterocycles. The van der Waals surface area contributed by atoms with Crippen LogP contribution in [0.2, 0.25) is 0 Å². The Morgan fingerprint density at radius 1 is 1.09 bits per heavy atom. The lowest BCUT2D eigenvalue weighted by atomic mass is 9.92. The Labute approximate surface area is 204 Å². The van der Waals surface area contributed by atoms with E-state index >= 15 is 0 Å². The Morgan fingerprint density at radius 3 is 2.51 bits per heavy atom. The second-order valence-electron chi connectivity index (χ2n) is 9.48. The lowest BCUT2D eigenvalue weighted by molar-refractivity contribution is 0.240. The van der Waals surface area contributed by atoms with Gasteiger partial charge in [0.2, 0.25) is 0 Å². The largest absolute Gasteiger partial charge is 0.494 e. The predicted molar refractivity (Wildman–Crippen MR) is 137 cm³/mol. The minimum absolute atomic E-state index is 0.141. The molecule has 180 valence electrons. The number of ether oxygens (including phenoxy) is 1. The highest BCUT2D eigenvalue weighted by Crippen LogP contribution is 2.47. The van der Waals surface area contributed by atoms with E-state index in [-0.39, 0.29) is 6.03 Å². The number of hydrogen-bond donors (Lipinski definition) is 2. The summed E-state index contributed by atoms with van der Waals surface area (Å²) in [5, 5.41) is 11.4. The fourth-order valence-corrected chi connectivity index (χ4v) is 5.07. The second-order valence-corrected chi connectivity index (χ2v) is 9.48. The van der Waals surface area contributed by atoms with Gasteiger partial charge in [0, 0.05) is 40.9 Å². The average molecular weight is 471 g/mol. The van der Waals surface area contributed by atoms with E-state index in [0.717, 1.165) is 70.5 Å². The summed E-state index contributed by atoms with van der Waals surface area (Å²) in [6.45, 7) is 2.63. The van der Waals surface area contributed by atoms with Crippen molar-refractivity contribution in [2.24, 2.45) is 0 Å². The van der Waals surface area contributed by atoms with Gasteiger partial charge >= 0.3 is 6.03 Å². The van der Waals surface area contributed by atoms with Gasteiger partial charge in [0.05, 0.1) is 17.8 Å². The number of nitrogens with one attached hydrogen (secondary N) is 2. The molecule has 0 aliphatic heterocycles. The van der Waals surface area contributed by atoms with Gasteiger partial charge in [-0.3, -0.25) is 0 Å². The highest BCUT2D eigenvalue weighted by atomic mass is 16.5. The van der Waals surface area contributed by atoms with Crippen LogP contribution in [0.3, 0.4) is 0 Å². The van der Waals surface area contributed by atoms with Crippen LogP contribution in [0.25, 0.3) is 33.4 Å². The van der Waals surface area contributed by atoms with E-state index in [1.807, 2.05) is 31.2 Å². The third kappa shape index (κ3) is 4.05. The van der Waals surface area contributed by atoms with Gasteiger partial charge in [-0.15, -0.1) is 0 Å². The molecule has 2 aromatic carbocycles. The molecule has 35 heavy (non-hydrogen) atoms. The first-order valence-corrected chi connectivity index (χ1v) is 12.6. The van der Waals surface area contributed by atoms with E-state index in [0.29, 0.717) is 18.7 Å². The van der Waals surface area contributed by atoms with Crippen LogP contribution in [-0.4, -0.2) is 28.4 Å². The van der Waals surface area contributed by atoms with E-state index in [1.54, 1.807) is 6.26 Å². The molecule has 7 nitrogen and oxygen atoms in total. The molecule has 0 radical (unpaired) electrons. The molecule has 2 N–H and O–H groups in total. The Morgan fingerprint density at radius 2 is 1.89 bits per heavy atom. The number of urea groups is 1. The summed E-state index contributed by atoms with van der Waals surface area (Å²) < 4.78 is 13.6. The van der Waals surface area contributed by atoms with Crippen LogP contribution >= 0.6 is 0 Å². The molecular formula is C28H30N4O3. The van der Waals surface area contributed by atoms with Crippen LogP contribution in [-0.2, 0) is 0 Å². The maximum absolute atomic E-state index is 12.3. The number of rotatable bonds is 7. The summed E-state index contributed by atoms with van der Waals surface area (Å²) in [6.07, 6.45) is 8.46. The van der Waals surface area contributed by atoms with E-state index in [2.05, 4.69) is 44.6 Å². The highest BCUT2D eigenvalue weighted by Gasteiger charge is 2.29. The molecule has 2 fully saturated rings. The molecule has 6 rings (SSSR count). The zero-order valence-electron chi connectivity index (χ0n) is 19.9. The van der Waals surface area contributed by atoms with Crippen molar-refractivity contribution in [3.05, 3.63) is 54.8 Å². The van der Waals surface area contributed by atoms with Gasteiger partial charge in [-0.25, -0.2) is 4.79 Å². The maximum atomic E-state index is 12.3. The van der Waals surface area contributed by atoms with Crippen molar-refractivity contribution < 1.29 is 14.1 Å². The molecular weight excluding hydrogens is 440 g/mol. The van der Waals surface area contributed by atoms with Crippen molar-refractivity contribution in [2.75, 3.05) is 11.9 Å². The topological polar surface area (TPSA) is 81.3 Å². The summed E-state index contributed by atoms with van der Waals surface area (Å²) >= 11 is 0. The zero-order chi connectivity index (χ0) is 23.8. The van der Waals surface area contributed by atoms with Gasteiger partial charge < -0.3 is 24.5 Å². The Bertz CT molecular complexity index is 1330. The average Bonchev–Trinajstić information content (AvgIpc) is 3.43. The maximum Gasteiger partial charge on any atom is 0.319 e. The van der Waals surface area contributed by atoms with E-state index in [1.165, 1.54) is 12.8 Å². The molecule has 2 aliphatic rings. The van der Waals surface area contributed by atoms with Crippen molar-refractivity contribution in [1.29, 1.82) is 0 Å².